The molecule has 2 heterocycles. The number of nitrogens with zero attached hydrogens (tertiary/aromatic N) is 1. The highest BCUT2D eigenvalue weighted by atomic mass is 16.5. The SMILES string of the molecule is O=C(COc1ccccc1Cc1ccccc1)NCC(c1ccco1)N1CCCC1. The van der Waals surface area contributed by atoms with E-state index >= 15 is 0 Å². The molecule has 0 radical (unpaired) electrons. The van der Waals surface area contributed by atoms with Gasteiger partial charge in [-0.25, -0.2) is 0 Å². The maximum Gasteiger partial charge on any atom is 0.258 e. The quantitative estimate of drug-likeness (QED) is 0.581. The summed E-state index contributed by atoms with van der Waals surface area (Å²) in [6.07, 6.45) is 4.83. The zero-order valence-electron chi connectivity index (χ0n) is 17.1. The van der Waals surface area contributed by atoms with Crippen molar-refractivity contribution in [2.45, 2.75) is 25.3 Å². The van der Waals surface area contributed by atoms with E-state index in [1.54, 1.807) is 6.26 Å². The Kier molecular flexibility index (Phi) is 6.83. The summed E-state index contributed by atoms with van der Waals surface area (Å²) in [6.45, 7) is 2.58. The average molecular weight is 405 g/mol. The smallest absolute Gasteiger partial charge is 0.258 e. The molecular formula is C25H28N2O3. The summed E-state index contributed by atoms with van der Waals surface area (Å²) in [7, 11) is 0. The topological polar surface area (TPSA) is 54.7 Å². The van der Waals surface area contributed by atoms with E-state index in [2.05, 4.69) is 22.3 Å². The van der Waals surface area contributed by atoms with Crippen molar-refractivity contribution in [3.63, 3.8) is 0 Å². The Morgan fingerprint density at radius 1 is 1.00 bits per heavy atom. The van der Waals surface area contributed by atoms with Gasteiger partial charge < -0.3 is 14.5 Å². The Balaban J connectivity index is 1.32. The highest BCUT2D eigenvalue weighted by Crippen LogP contribution is 2.25. The third-order valence-electron chi connectivity index (χ3n) is 5.51. The maximum atomic E-state index is 12.5. The number of furan rings is 1. The molecule has 1 aliphatic rings. The number of ether oxygens (including phenoxy) is 1. The van der Waals surface area contributed by atoms with Crippen molar-refractivity contribution in [2.75, 3.05) is 26.2 Å². The third kappa shape index (κ3) is 5.30. The molecule has 5 nitrogen and oxygen atoms in total. The van der Waals surface area contributed by atoms with Crippen molar-refractivity contribution in [2.24, 2.45) is 0 Å². The highest BCUT2D eigenvalue weighted by Gasteiger charge is 2.26. The maximum absolute atomic E-state index is 12.5. The summed E-state index contributed by atoms with van der Waals surface area (Å²) in [6, 6.07) is 22.1. The van der Waals surface area contributed by atoms with Crippen LogP contribution in [-0.4, -0.2) is 37.0 Å². The summed E-state index contributed by atoms with van der Waals surface area (Å²) >= 11 is 0. The van der Waals surface area contributed by atoms with Gasteiger partial charge in [0.05, 0.1) is 12.3 Å². The van der Waals surface area contributed by atoms with Crippen LogP contribution in [0.4, 0.5) is 0 Å². The molecule has 1 saturated heterocycles. The number of nitrogens with one attached hydrogen (secondary N) is 1. The van der Waals surface area contributed by atoms with Gasteiger partial charge in [-0.05, 0) is 55.3 Å². The van der Waals surface area contributed by atoms with Gasteiger partial charge in [0.15, 0.2) is 6.61 Å². The number of rotatable bonds is 9. The Labute approximate surface area is 177 Å². The van der Waals surface area contributed by atoms with E-state index < -0.39 is 0 Å². The van der Waals surface area contributed by atoms with Crippen LogP contribution in [0.1, 0.15) is 35.8 Å². The van der Waals surface area contributed by atoms with Crippen LogP contribution in [0.2, 0.25) is 0 Å². The van der Waals surface area contributed by atoms with Crippen molar-refractivity contribution < 1.29 is 13.9 Å². The first-order valence-electron chi connectivity index (χ1n) is 10.6. The van der Waals surface area contributed by atoms with Crippen molar-refractivity contribution in [3.8, 4) is 5.75 Å². The lowest BCUT2D eigenvalue weighted by atomic mass is 10.0. The number of para-hydroxylation sites is 1. The fourth-order valence-corrected chi connectivity index (χ4v) is 3.96. The molecule has 0 spiro atoms. The Bertz CT molecular complexity index is 919. The molecule has 1 aromatic heterocycles. The second kappa shape index (κ2) is 10.1. The minimum absolute atomic E-state index is 0.00330. The molecule has 156 valence electrons. The van der Waals surface area contributed by atoms with Crippen molar-refractivity contribution >= 4 is 5.91 Å². The zero-order chi connectivity index (χ0) is 20.6. The molecule has 5 heteroatoms. The minimum atomic E-state index is -0.125. The fraction of sp³-hybridized carbons (Fsp3) is 0.320. The highest BCUT2D eigenvalue weighted by molar-refractivity contribution is 5.77. The zero-order valence-corrected chi connectivity index (χ0v) is 17.1. The first-order chi connectivity index (χ1) is 14.8. The Hall–Kier alpha value is -3.05. The second-order valence-corrected chi connectivity index (χ2v) is 7.64. The lowest BCUT2D eigenvalue weighted by molar-refractivity contribution is -0.123. The molecule has 2 aromatic carbocycles. The number of likely N-dealkylation sites (tertiary alicyclic amines) is 1. The van der Waals surface area contributed by atoms with Crippen LogP contribution in [0, 0.1) is 0 Å². The lowest BCUT2D eigenvalue weighted by Crippen LogP contribution is -2.38. The minimum Gasteiger partial charge on any atom is -0.483 e. The van der Waals surface area contributed by atoms with E-state index in [9.17, 15) is 4.79 Å². The molecular weight excluding hydrogens is 376 g/mol. The average Bonchev–Trinajstić information content (AvgIpc) is 3.49. The van der Waals surface area contributed by atoms with E-state index in [1.165, 1.54) is 18.4 Å². The van der Waals surface area contributed by atoms with Crippen molar-refractivity contribution in [3.05, 3.63) is 89.9 Å². The van der Waals surface area contributed by atoms with Gasteiger partial charge in [-0.3, -0.25) is 9.69 Å². The fourth-order valence-electron chi connectivity index (χ4n) is 3.96. The van der Waals surface area contributed by atoms with Gasteiger partial charge in [-0.1, -0.05) is 48.5 Å². The van der Waals surface area contributed by atoms with E-state index in [0.29, 0.717) is 6.54 Å². The molecule has 1 atom stereocenters. The Morgan fingerprint density at radius 2 is 1.77 bits per heavy atom. The van der Waals surface area contributed by atoms with Crippen LogP contribution >= 0.6 is 0 Å². The monoisotopic (exact) mass is 404 g/mol. The van der Waals surface area contributed by atoms with Crippen LogP contribution in [0.15, 0.2) is 77.4 Å². The van der Waals surface area contributed by atoms with Crippen LogP contribution in [0.3, 0.4) is 0 Å². The summed E-state index contributed by atoms with van der Waals surface area (Å²) in [5.41, 5.74) is 2.28. The van der Waals surface area contributed by atoms with Gasteiger partial charge in [0, 0.05) is 13.0 Å². The molecule has 30 heavy (non-hydrogen) atoms. The predicted octanol–water partition coefficient (Wildman–Crippen LogP) is 4.20. The molecule has 3 aromatic rings. The first-order valence-corrected chi connectivity index (χ1v) is 10.6. The molecule has 0 saturated carbocycles. The largest absolute Gasteiger partial charge is 0.483 e. The third-order valence-corrected chi connectivity index (χ3v) is 5.51. The summed E-state index contributed by atoms with van der Waals surface area (Å²) in [5, 5.41) is 3.02. The molecule has 4 rings (SSSR count). The number of carbonyl (C=O) groups is 1. The first kappa shape index (κ1) is 20.2. The van der Waals surface area contributed by atoms with Crippen molar-refractivity contribution in [1.29, 1.82) is 0 Å². The summed E-state index contributed by atoms with van der Waals surface area (Å²) in [4.78, 5) is 14.9. The van der Waals surface area contributed by atoms with E-state index in [1.807, 2.05) is 54.6 Å². The number of hydrogen-bond acceptors (Lipinski definition) is 4. The van der Waals surface area contributed by atoms with Crippen LogP contribution < -0.4 is 10.1 Å². The molecule has 1 N–H and O–H groups in total. The lowest BCUT2D eigenvalue weighted by Gasteiger charge is -2.26. The molecule has 0 aliphatic carbocycles. The predicted molar refractivity (Wildman–Crippen MR) is 116 cm³/mol. The van der Waals surface area contributed by atoms with Gasteiger partial charge in [-0.15, -0.1) is 0 Å². The molecule has 1 fully saturated rings. The number of amides is 1. The molecule has 1 unspecified atom stereocenters. The van der Waals surface area contributed by atoms with E-state index in [4.69, 9.17) is 9.15 Å². The van der Waals surface area contributed by atoms with Gasteiger partial charge in [0.1, 0.15) is 11.5 Å². The van der Waals surface area contributed by atoms with Gasteiger partial charge in [0.2, 0.25) is 0 Å². The van der Waals surface area contributed by atoms with Gasteiger partial charge in [0.25, 0.3) is 5.91 Å². The van der Waals surface area contributed by atoms with Gasteiger partial charge >= 0.3 is 0 Å². The molecule has 1 aliphatic heterocycles. The standard InChI is InChI=1S/C25H28N2O3/c28-25(26-18-22(24-13-8-16-29-24)27-14-6-7-15-27)19-30-23-12-5-4-11-21(23)17-20-9-2-1-3-10-20/h1-5,8-13,16,22H,6-7,14-15,17-19H2,(H,26,28). The second-order valence-electron chi connectivity index (χ2n) is 7.64. The van der Waals surface area contributed by atoms with E-state index in [0.717, 1.165) is 36.6 Å². The van der Waals surface area contributed by atoms with Crippen LogP contribution in [0.5, 0.6) is 5.75 Å². The van der Waals surface area contributed by atoms with Crippen molar-refractivity contribution in [1.82, 2.24) is 10.2 Å². The number of benzene rings is 2. The summed E-state index contributed by atoms with van der Waals surface area (Å²) in [5.74, 6) is 1.52. The molecule has 0 bridgehead atoms. The number of hydrogen-bond donors (Lipinski definition) is 1. The van der Waals surface area contributed by atoms with E-state index in [-0.39, 0.29) is 18.6 Å². The van der Waals surface area contributed by atoms with Crippen LogP contribution in [0.25, 0.3) is 0 Å². The number of carbonyl (C=O) groups excluding carboxylic acids is 1. The van der Waals surface area contributed by atoms with Crippen LogP contribution in [-0.2, 0) is 11.2 Å². The summed E-state index contributed by atoms with van der Waals surface area (Å²) < 4.78 is 11.5. The normalized spacial score (nSPS) is 15.1. The Morgan fingerprint density at radius 3 is 2.53 bits per heavy atom. The van der Waals surface area contributed by atoms with Gasteiger partial charge in [-0.2, -0.15) is 0 Å². The molecule has 1 amide bonds.